The van der Waals surface area contributed by atoms with Gasteiger partial charge in [0.25, 0.3) is 0 Å². The Hall–Kier alpha value is -4.56. The first-order chi connectivity index (χ1) is 23.3. The monoisotopic (exact) mass is 716 g/mol. The molecule has 49 heavy (non-hydrogen) atoms. The molecular weight excluding hydrogens is 679 g/mol. The molecule has 6 rings (SSSR count). The summed E-state index contributed by atoms with van der Waals surface area (Å²) in [5.74, 6) is -0.205. The summed E-state index contributed by atoms with van der Waals surface area (Å²) in [6.45, 7) is 4.70. The van der Waals surface area contributed by atoms with Crippen molar-refractivity contribution in [1.29, 1.82) is 0 Å². The minimum atomic E-state index is -3.36. The molecule has 0 saturated carbocycles. The smallest absolute Gasteiger partial charge is 0.235 e. The molecule has 262 valence electrons. The number of aromatic hydroxyl groups is 1. The second-order valence-electron chi connectivity index (χ2n) is 11.4. The van der Waals surface area contributed by atoms with Gasteiger partial charge in [0.05, 0.1) is 30.0 Å². The highest BCUT2D eigenvalue weighted by Crippen LogP contribution is 2.37. The van der Waals surface area contributed by atoms with Gasteiger partial charge in [-0.3, -0.25) is 8.61 Å². The fourth-order valence-corrected chi connectivity index (χ4v) is 8.55. The Kier molecular flexibility index (Phi) is 10.9. The molecule has 0 aliphatic carbocycles. The van der Waals surface area contributed by atoms with Crippen molar-refractivity contribution >= 4 is 31.4 Å². The average Bonchev–Trinajstić information content (AvgIpc) is 3.63. The van der Waals surface area contributed by atoms with Crippen LogP contribution in [0.15, 0.2) is 72.8 Å². The van der Waals surface area contributed by atoms with E-state index in [1.165, 1.54) is 40.0 Å². The molecule has 2 aliphatic heterocycles. The minimum absolute atomic E-state index is 0.0166. The van der Waals surface area contributed by atoms with Gasteiger partial charge in [-0.15, -0.1) is 0 Å². The van der Waals surface area contributed by atoms with E-state index in [4.69, 9.17) is 14.2 Å². The van der Waals surface area contributed by atoms with Gasteiger partial charge in [-0.25, -0.2) is 25.6 Å². The van der Waals surface area contributed by atoms with Gasteiger partial charge in [0.15, 0.2) is 46.1 Å². The fourth-order valence-electron chi connectivity index (χ4n) is 5.44. The molecule has 0 atom stereocenters. The zero-order chi connectivity index (χ0) is 35.3. The lowest BCUT2D eigenvalue weighted by Crippen LogP contribution is -2.25. The first-order valence-corrected chi connectivity index (χ1v) is 19.0. The normalized spacial score (nSPS) is 16.2. The van der Waals surface area contributed by atoms with E-state index in [-0.39, 0.29) is 40.2 Å². The highest BCUT2D eigenvalue weighted by atomic mass is 32.2. The number of benzene rings is 4. The van der Waals surface area contributed by atoms with E-state index < -0.39 is 31.7 Å². The van der Waals surface area contributed by atoms with Crippen LogP contribution < -0.4 is 22.8 Å². The number of hydrogen-bond acceptors (Lipinski definition) is 8. The molecule has 4 aromatic rings. The number of hydrogen-bond donors (Lipinski definition) is 1. The van der Waals surface area contributed by atoms with Crippen molar-refractivity contribution in [1.82, 2.24) is 0 Å². The number of phenolic OH excluding ortho intramolecular Hbond substituents is 1. The standard InChI is InChI=1S/C18H20FNO4S.C17H18FNO4S/c1-3-13-5-7-17(18(11-13)23-2)24-16-8-6-14(12-15(16)19)20-9-4-10-25(20,21)22;1-2-12-4-6-17(15(20)10-12)23-16-7-5-13(11-14(16)18)19-8-3-9-24(19,21)22/h5-8,11-12H,3-4,9-10H2,1-2H3;4-7,10-11,20H,2-3,8-9H2,1H3. The van der Waals surface area contributed by atoms with Crippen molar-refractivity contribution in [3.63, 3.8) is 0 Å². The van der Waals surface area contributed by atoms with Crippen molar-refractivity contribution in [2.75, 3.05) is 40.3 Å². The van der Waals surface area contributed by atoms with Crippen molar-refractivity contribution in [2.45, 2.75) is 39.5 Å². The van der Waals surface area contributed by atoms with Gasteiger partial charge in [-0.1, -0.05) is 26.0 Å². The number of anilines is 2. The number of sulfonamides is 2. The summed E-state index contributed by atoms with van der Waals surface area (Å²) >= 11 is 0. The zero-order valence-electron chi connectivity index (χ0n) is 27.4. The molecule has 0 aromatic heterocycles. The van der Waals surface area contributed by atoms with Crippen molar-refractivity contribution in [3.05, 3.63) is 95.6 Å². The summed E-state index contributed by atoms with van der Waals surface area (Å²) in [4.78, 5) is 0. The molecule has 0 radical (unpaired) electrons. The van der Waals surface area contributed by atoms with E-state index in [1.54, 1.807) is 30.3 Å². The van der Waals surface area contributed by atoms with Crippen molar-refractivity contribution < 1.29 is 44.9 Å². The van der Waals surface area contributed by atoms with Crippen molar-refractivity contribution in [2.24, 2.45) is 0 Å². The quantitative estimate of drug-likeness (QED) is 0.194. The highest BCUT2D eigenvalue weighted by molar-refractivity contribution is 7.93. The third-order valence-corrected chi connectivity index (χ3v) is 11.9. The van der Waals surface area contributed by atoms with E-state index in [0.29, 0.717) is 43.1 Å². The summed E-state index contributed by atoms with van der Waals surface area (Å²) in [6.07, 6.45) is 2.69. The Morgan fingerprint density at radius 3 is 1.49 bits per heavy atom. The molecule has 4 aromatic carbocycles. The Morgan fingerprint density at radius 1 is 0.633 bits per heavy atom. The first kappa shape index (κ1) is 35.7. The van der Waals surface area contributed by atoms with Crippen LogP contribution in [-0.4, -0.2) is 53.6 Å². The van der Waals surface area contributed by atoms with Gasteiger partial charge in [0.1, 0.15) is 0 Å². The van der Waals surface area contributed by atoms with Crippen LogP contribution in [0.2, 0.25) is 0 Å². The van der Waals surface area contributed by atoms with E-state index >= 15 is 0 Å². The molecule has 2 aliphatic rings. The van der Waals surface area contributed by atoms with Gasteiger partial charge in [0.2, 0.25) is 20.0 Å². The molecule has 0 unspecified atom stereocenters. The Bertz CT molecular complexity index is 2040. The van der Waals surface area contributed by atoms with E-state index in [2.05, 4.69) is 0 Å². The van der Waals surface area contributed by atoms with Crippen LogP contribution in [0.1, 0.15) is 37.8 Å². The van der Waals surface area contributed by atoms with Gasteiger partial charge in [0, 0.05) is 25.2 Å². The summed E-state index contributed by atoms with van der Waals surface area (Å²) in [5.41, 5.74) is 2.62. The molecule has 10 nitrogen and oxygen atoms in total. The predicted octanol–water partition coefficient (Wildman–Crippen LogP) is 7.15. The molecule has 2 fully saturated rings. The third kappa shape index (κ3) is 8.19. The topological polar surface area (TPSA) is 123 Å². The number of rotatable bonds is 9. The van der Waals surface area contributed by atoms with E-state index in [9.17, 15) is 30.7 Å². The molecule has 14 heteroatoms. The number of aryl methyl sites for hydroxylation is 2. The number of nitrogens with zero attached hydrogens (tertiary/aromatic N) is 2. The van der Waals surface area contributed by atoms with Crippen LogP contribution in [-0.2, 0) is 32.9 Å². The second kappa shape index (κ2) is 14.9. The van der Waals surface area contributed by atoms with Gasteiger partial charge < -0.3 is 19.3 Å². The zero-order valence-corrected chi connectivity index (χ0v) is 29.0. The Balaban J connectivity index is 0.000000191. The van der Waals surface area contributed by atoms with E-state index in [0.717, 1.165) is 30.0 Å². The highest BCUT2D eigenvalue weighted by Gasteiger charge is 2.30. The second-order valence-corrected chi connectivity index (χ2v) is 15.4. The summed E-state index contributed by atoms with van der Waals surface area (Å²) < 4.78 is 95.2. The van der Waals surface area contributed by atoms with Gasteiger partial charge in [-0.05, 0) is 85.3 Å². The SMILES string of the molecule is CCc1ccc(Oc2ccc(N3CCCS3(=O)=O)cc2F)c(O)c1.CCc1ccc(Oc2ccc(N3CCCS3(=O)=O)cc2F)c(OC)c1. The maximum absolute atomic E-state index is 14.4. The maximum Gasteiger partial charge on any atom is 0.235 e. The van der Waals surface area contributed by atoms with Crippen LogP contribution in [0.25, 0.3) is 0 Å². The van der Waals surface area contributed by atoms with Crippen molar-refractivity contribution in [3.8, 4) is 34.5 Å². The molecule has 2 saturated heterocycles. The van der Waals surface area contributed by atoms with E-state index in [1.807, 2.05) is 26.0 Å². The third-order valence-electron chi connectivity index (χ3n) is 8.11. The predicted molar refractivity (Wildman–Crippen MR) is 184 cm³/mol. The molecular formula is C35H38F2N2O8S2. The van der Waals surface area contributed by atoms with Crippen LogP contribution in [0, 0.1) is 11.6 Å². The lowest BCUT2D eigenvalue weighted by molar-refractivity contribution is 0.370. The molecule has 2 heterocycles. The van der Waals surface area contributed by atoms with Gasteiger partial charge in [-0.2, -0.15) is 0 Å². The minimum Gasteiger partial charge on any atom is -0.504 e. The lowest BCUT2D eigenvalue weighted by atomic mass is 10.1. The van der Waals surface area contributed by atoms with Crippen LogP contribution >= 0.6 is 0 Å². The van der Waals surface area contributed by atoms with Crippen LogP contribution in [0.4, 0.5) is 20.2 Å². The first-order valence-electron chi connectivity index (χ1n) is 15.8. The maximum atomic E-state index is 14.4. The average molecular weight is 717 g/mol. The molecule has 1 N–H and O–H groups in total. The molecule has 0 bridgehead atoms. The number of methoxy groups -OCH3 is 1. The lowest BCUT2D eigenvalue weighted by Gasteiger charge is -2.18. The number of phenols is 1. The summed E-state index contributed by atoms with van der Waals surface area (Å²) in [6, 6.07) is 18.6. The molecule has 0 amide bonds. The summed E-state index contributed by atoms with van der Waals surface area (Å²) in [5, 5.41) is 9.94. The van der Waals surface area contributed by atoms with Gasteiger partial charge >= 0.3 is 0 Å². The number of ether oxygens (including phenoxy) is 3. The number of halogens is 2. The Morgan fingerprint density at radius 2 is 1.08 bits per heavy atom. The van der Waals surface area contributed by atoms with Crippen LogP contribution in [0.5, 0.6) is 34.5 Å². The van der Waals surface area contributed by atoms with Crippen LogP contribution in [0.3, 0.4) is 0 Å². The Labute approximate surface area is 285 Å². The fraction of sp³-hybridized carbons (Fsp3) is 0.314. The summed E-state index contributed by atoms with van der Waals surface area (Å²) in [7, 11) is -5.17. The largest absolute Gasteiger partial charge is 0.504 e. The molecule has 0 spiro atoms.